The Bertz CT molecular complexity index is 1040. The van der Waals surface area contributed by atoms with Crippen LogP contribution in [0.15, 0.2) is 48.5 Å². The molecule has 2 aromatic rings. The predicted molar refractivity (Wildman–Crippen MR) is 123 cm³/mol. The average molecular weight is 469 g/mol. The van der Waals surface area contributed by atoms with Crippen molar-refractivity contribution in [3.8, 4) is 11.1 Å². The van der Waals surface area contributed by atoms with Crippen LogP contribution >= 0.6 is 0 Å². The Morgan fingerprint density at radius 3 is 2.03 bits per heavy atom. The molecule has 9 heteroatoms. The van der Waals surface area contributed by atoms with E-state index in [-0.39, 0.29) is 12.5 Å². The summed E-state index contributed by atoms with van der Waals surface area (Å²) in [6.45, 7) is 3.29. The van der Waals surface area contributed by atoms with E-state index in [1.54, 1.807) is 13.8 Å². The maximum atomic E-state index is 12.5. The summed E-state index contributed by atoms with van der Waals surface area (Å²) < 4.78 is 9.95. The molecule has 0 radical (unpaired) electrons. The molecule has 9 nitrogen and oxygen atoms in total. The molecule has 3 rings (SSSR count). The van der Waals surface area contributed by atoms with Gasteiger partial charge in [0.2, 0.25) is 5.91 Å². The van der Waals surface area contributed by atoms with Crippen LogP contribution in [0.25, 0.3) is 11.1 Å². The first-order chi connectivity index (χ1) is 16.2. The van der Waals surface area contributed by atoms with Crippen molar-refractivity contribution in [1.29, 1.82) is 0 Å². The third-order valence-electron chi connectivity index (χ3n) is 6.07. The average Bonchev–Trinajstić information content (AvgIpc) is 3.15. The van der Waals surface area contributed by atoms with Gasteiger partial charge in [-0.2, -0.15) is 0 Å². The number of methoxy groups -OCH3 is 1. The number of amides is 2. The lowest BCUT2D eigenvalue weighted by molar-refractivity contribution is -0.149. The Balaban J connectivity index is 1.56. The first-order valence-electron chi connectivity index (χ1n) is 10.9. The highest BCUT2D eigenvalue weighted by Gasteiger charge is 2.31. The van der Waals surface area contributed by atoms with E-state index in [1.165, 1.54) is 0 Å². The molecule has 3 atom stereocenters. The monoisotopic (exact) mass is 468 g/mol. The van der Waals surface area contributed by atoms with Gasteiger partial charge < -0.3 is 25.2 Å². The molecule has 0 spiro atoms. The maximum absolute atomic E-state index is 12.5. The Morgan fingerprint density at radius 2 is 1.50 bits per heavy atom. The topological polar surface area (TPSA) is 131 Å². The Kier molecular flexibility index (Phi) is 7.88. The van der Waals surface area contributed by atoms with E-state index in [0.29, 0.717) is 0 Å². The van der Waals surface area contributed by atoms with E-state index in [1.807, 2.05) is 48.5 Å². The van der Waals surface area contributed by atoms with Gasteiger partial charge in [0.25, 0.3) is 0 Å². The fourth-order valence-corrected chi connectivity index (χ4v) is 3.93. The zero-order valence-corrected chi connectivity index (χ0v) is 19.2. The quantitative estimate of drug-likeness (QED) is 0.482. The highest BCUT2D eigenvalue weighted by molar-refractivity contribution is 5.88. The SMILES string of the molecule is COC(=O)C[C@@H](NC(=O)C(C)C(C)NC(=O)OCC1c2ccccc2-c2ccccc21)C(=O)O. The summed E-state index contributed by atoms with van der Waals surface area (Å²) in [7, 11) is 1.13. The minimum Gasteiger partial charge on any atom is -0.480 e. The van der Waals surface area contributed by atoms with E-state index >= 15 is 0 Å². The van der Waals surface area contributed by atoms with Gasteiger partial charge in [-0.15, -0.1) is 0 Å². The molecule has 1 aliphatic carbocycles. The smallest absolute Gasteiger partial charge is 0.407 e. The number of alkyl carbamates (subject to hydrolysis) is 1. The van der Waals surface area contributed by atoms with Crippen molar-refractivity contribution in [2.75, 3.05) is 13.7 Å². The molecule has 2 aromatic carbocycles. The first-order valence-corrected chi connectivity index (χ1v) is 10.9. The molecule has 34 heavy (non-hydrogen) atoms. The van der Waals surface area contributed by atoms with Crippen molar-refractivity contribution >= 4 is 23.9 Å². The van der Waals surface area contributed by atoms with E-state index in [4.69, 9.17) is 4.74 Å². The van der Waals surface area contributed by atoms with Gasteiger partial charge in [0.05, 0.1) is 19.4 Å². The molecule has 0 bridgehead atoms. The van der Waals surface area contributed by atoms with Gasteiger partial charge in [-0.1, -0.05) is 55.5 Å². The van der Waals surface area contributed by atoms with Crippen LogP contribution in [0.4, 0.5) is 4.79 Å². The fraction of sp³-hybridized carbons (Fsp3) is 0.360. The maximum Gasteiger partial charge on any atom is 0.407 e. The van der Waals surface area contributed by atoms with E-state index in [2.05, 4.69) is 15.4 Å². The van der Waals surface area contributed by atoms with Gasteiger partial charge in [-0.3, -0.25) is 9.59 Å². The van der Waals surface area contributed by atoms with Gasteiger partial charge in [-0.25, -0.2) is 9.59 Å². The fourth-order valence-electron chi connectivity index (χ4n) is 3.93. The third-order valence-corrected chi connectivity index (χ3v) is 6.07. The van der Waals surface area contributed by atoms with E-state index in [0.717, 1.165) is 29.4 Å². The van der Waals surface area contributed by atoms with Gasteiger partial charge in [0.15, 0.2) is 0 Å². The van der Waals surface area contributed by atoms with Crippen LogP contribution in [-0.2, 0) is 23.9 Å². The van der Waals surface area contributed by atoms with Crippen LogP contribution in [0.5, 0.6) is 0 Å². The lowest BCUT2D eigenvalue weighted by Crippen LogP contribution is -2.49. The molecule has 0 aliphatic heterocycles. The Labute approximate surface area is 197 Å². The molecular weight excluding hydrogens is 440 g/mol. The molecule has 180 valence electrons. The van der Waals surface area contributed by atoms with Crippen molar-refractivity contribution in [2.45, 2.75) is 38.3 Å². The standard InChI is InChI=1S/C25H28N2O7/c1-14(23(29)27-21(24(30)31)12-22(28)33-3)15(2)26-25(32)34-13-20-18-10-6-4-8-16(18)17-9-5-7-11-19(17)20/h4-11,14-15,20-21H,12-13H2,1-3H3,(H,26,32)(H,27,29)(H,30,31)/t14?,15?,21-/m1/s1. The molecule has 0 saturated heterocycles. The minimum atomic E-state index is -1.43. The number of carbonyl (C=O) groups excluding carboxylic acids is 3. The summed E-state index contributed by atoms with van der Waals surface area (Å²) in [6, 6.07) is 13.9. The second kappa shape index (κ2) is 10.8. The molecule has 0 aromatic heterocycles. The zero-order chi connectivity index (χ0) is 24.8. The Morgan fingerprint density at radius 1 is 0.941 bits per heavy atom. The summed E-state index contributed by atoms with van der Waals surface area (Å²) in [5.74, 6) is -3.61. The number of ether oxygens (including phenoxy) is 2. The number of carboxylic acids is 1. The molecular formula is C25H28N2O7. The van der Waals surface area contributed by atoms with Crippen LogP contribution in [0.1, 0.15) is 37.3 Å². The second-order valence-corrected chi connectivity index (χ2v) is 8.23. The molecule has 2 unspecified atom stereocenters. The number of nitrogens with one attached hydrogen (secondary N) is 2. The zero-order valence-electron chi connectivity index (χ0n) is 19.2. The molecule has 0 fully saturated rings. The summed E-state index contributed by atoms with van der Waals surface area (Å²) in [6.07, 6.45) is -1.18. The second-order valence-electron chi connectivity index (χ2n) is 8.23. The molecule has 1 aliphatic rings. The number of carboxylic acid groups (broad SMARTS) is 1. The van der Waals surface area contributed by atoms with Crippen LogP contribution < -0.4 is 10.6 Å². The third kappa shape index (κ3) is 5.54. The predicted octanol–water partition coefficient (Wildman–Crippen LogP) is 2.68. The summed E-state index contributed by atoms with van der Waals surface area (Å²) in [5.41, 5.74) is 4.40. The molecule has 3 N–H and O–H groups in total. The van der Waals surface area contributed by atoms with Crippen LogP contribution in [0.2, 0.25) is 0 Å². The number of hydrogen-bond donors (Lipinski definition) is 3. The largest absolute Gasteiger partial charge is 0.480 e. The number of benzene rings is 2. The normalized spacial score (nSPS) is 14.7. The number of aliphatic carboxylic acids is 1. The lowest BCUT2D eigenvalue weighted by atomic mass is 9.98. The van der Waals surface area contributed by atoms with Crippen LogP contribution in [-0.4, -0.2) is 54.8 Å². The highest BCUT2D eigenvalue weighted by Crippen LogP contribution is 2.44. The summed E-state index contributed by atoms with van der Waals surface area (Å²) in [5, 5.41) is 14.2. The number of esters is 1. The van der Waals surface area contributed by atoms with E-state index < -0.39 is 48.4 Å². The number of fused-ring (bicyclic) bond motifs is 3. The number of carbonyl (C=O) groups is 4. The molecule has 0 heterocycles. The van der Waals surface area contributed by atoms with Crippen molar-refractivity contribution in [1.82, 2.24) is 10.6 Å². The highest BCUT2D eigenvalue weighted by atomic mass is 16.5. The van der Waals surface area contributed by atoms with Gasteiger partial charge in [-0.05, 0) is 29.2 Å². The van der Waals surface area contributed by atoms with Crippen molar-refractivity contribution in [3.63, 3.8) is 0 Å². The van der Waals surface area contributed by atoms with Crippen LogP contribution in [0.3, 0.4) is 0 Å². The molecule has 2 amide bonds. The number of hydrogen-bond acceptors (Lipinski definition) is 6. The van der Waals surface area contributed by atoms with Crippen molar-refractivity contribution in [3.05, 3.63) is 59.7 Å². The first kappa shape index (κ1) is 24.8. The van der Waals surface area contributed by atoms with Crippen molar-refractivity contribution in [2.24, 2.45) is 5.92 Å². The van der Waals surface area contributed by atoms with Crippen molar-refractivity contribution < 1.29 is 33.8 Å². The number of rotatable bonds is 9. The Hall–Kier alpha value is -3.88. The van der Waals surface area contributed by atoms with Gasteiger partial charge in [0, 0.05) is 12.0 Å². The lowest BCUT2D eigenvalue weighted by Gasteiger charge is -2.23. The van der Waals surface area contributed by atoms with Gasteiger partial charge >= 0.3 is 18.0 Å². The summed E-state index contributed by atoms with van der Waals surface area (Å²) in [4.78, 5) is 47.6. The van der Waals surface area contributed by atoms with E-state index in [9.17, 15) is 24.3 Å². The minimum absolute atomic E-state index is 0.0937. The van der Waals surface area contributed by atoms with Gasteiger partial charge in [0.1, 0.15) is 12.6 Å². The summed E-state index contributed by atoms with van der Waals surface area (Å²) >= 11 is 0. The van der Waals surface area contributed by atoms with Crippen LogP contribution in [0, 0.1) is 5.92 Å². The molecule has 0 saturated carbocycles.